The monoisotopic (exact) mass is 356 g/mol. The van der Waals surface area contributed by atoms with Gasteiger partial charge in [-0.2, -0.15) is 0 Å². The molecule has 1 aliphatic carbocycles. The summed E-state index contributed by atoms with van der Waals surface area (Å²) >= 11 is 5.93. The average molecular weight is 357 g/mol. The van der Waals surface area contributed by atoms with E-state index < -0.39 is 0 Å². The maximum atomic E-state index is 12.4. The zero-order chi connectivity index (χ0) is 17.6. The number of nitrogens with one attached hydrogen (secondary N) is 2. The highest BCUT2D eigenvalue weighted by Crippen LogP contribution is 2.25. The molecular formula is C20H21ClN2O2. The van der Waals surface area contributed by atoms with Crippen LogP contribution in [0.15, 0.2) is 48.5 Å². The van der Waals surface area contributed by atoms with Gasteiger partial charge in [-0.25, -0.2) is 0 Å². The molecule has 0 aromatic heterocycles. The van der Waals surface area contributed by atoms with Gasteiger partial charge in [0.1, 0.15) is 0 Å². The molecule has 0 radical (unpaired) electrons. The smallest absolute Gasteiger partial charge is 0.255 e. The van der Waals surface area contributed by atoms with Crippen molar-refractivity contribution in [2.75, 3.05) is 10.6 Å². The van der Waals surface area contributed by atoms with Crippen molar-refractivity contribution in [2.45, 2.75) is 32.1 Å². The van der Waals surface area contributed by atoms with E-state index in [-0.39, 0.29) is 17.7 Å². The van der Waals surface area contributed by atoms with Crippen molar-refractivity contribution in [2.24, 2.45) is 5.92 Å². The molecule has 0 saturated heterocycles. The largest absolute Gasteiger partial charge is 0.326 e. The van der Waals surface area contributed by atoms with Gasteiger partial charge in [0, 0.05) is 27.9 Å². The van der Waals surface area contributed by atoms with Crippen LogP contribution in [0.25, 0.3) is 0 Å². The number of rotatable bonds is 4. The molecule has 0 heterocycles. The molecule has 1 saturated carbocycles. The Morgan fingerprint density at radius 1 is 0.880 bits per heavy atom. The Bertz CT molecular complexity index is 770. The molecular weight excluding hydrogens is 336 g/mol. The zero-order valence-corrected chi connectivity index (χ0v) is 14.7. The molecule has 2 N–H and O–H groups in total. The van der Waals surface area contributed by atoms with Crippen LogP contribution in [-0.2, 0) is 4.79 Å². The maximum Gasteiger partial charge on any atom is 0.255 e. The van der Waals surface area contributed by atoms with Gasteiger partial charge in [0.15, 0.2) is 0 Å². The molecule has 0 bridgehead atoms. The number of halogens is 1. The molecule has 2 amide bonds. The second-order valence-electron chi connectivity index (χ2n) is 6.37. The van der Waals surface area contributed by atoms with Gasteiger partial charge in [0.05, 0.1) is 0 Å². The number of carbonyl (C=O) groups is 2. The number of hydrogen-bond acceptors (Lipinski definition) is 2. The molecule has 0 unspecified atom stereocenters. The summed E-state index contributed by atoms with van der Waals surface area (Å²) in [6, 6.07) is 14.0. The van der Waals surface area contributed by atoms with Gasteiger partial charge >= 0.3 is 0 Å². The van der Waals surface area contributed by atoms with Gasteiger partial charge in [0.2, 0.25) is 5.91 Å². The van der Waals surface area contributed by atoms with Crippen molar-refractivity contribution < 1.29 is 9.59 Å². The van der Waals surface area contributed by atoms with Crippen molar-refractivity contribution in [3.8, 4) is 0 Å². The van der Waals surface area contributed by atoms with Crippen LogP contribution in [0, 0.1) is 5.92 Å². The fourth-order valence-electron chi connectivity index (χ4n) is 3.12. The number of benzene rings is 2. The highest BCUT2D eigenvalue weighted by molar-refractivity contribution is 6.31. The first-order valence-corrected chi connectivity index (χ1v) is 8.97. The van der Waals surface area contributed by atoms with Crippen LogP contribution in [-0.4, -0.2) is 11.8 Å². The van der Waals surface area contributed by atoms with Gasteiger partial charge in [0.25, 0.3) is 5.91 Å². The second kappa shape index (κ2) is 8.17. The summed E-state index contributed by atoms with van der Waals surface area (Å²) in [4.78, 5) is 24.7. The molecule has 4 nitrogen and oxygen atoms in total. The van der Waals surface area contributed by atoms with Crippen LogP contribution < -0.4 is 10.6 Å². The summed E-state index contributed by atoms with van der Waals surface area (Å²) in [5.41, 5.74) is 1.77. The van der Waals surface area contributed by atoms with Gasteiger partial charge in [-0.1, -0.05) is 43.0 Å². The van der Waals surface area contributed by atoms with E-state index in [9.17, 15) is 9.59 Å². The standard InChI is InChI=1S/C20H21ClN2O2/c21-16-9-5-11-18(13-16)23-20(25)15-8-4-10-17(12-15)22-19(24)14-6-2-1-3-7-14/h4-5,8-14H,1-3,6-7H2,(H,22,24)(H,23,25). The molecule has 5 heteroatoms. The van der Waals surface area contributed by atoms with Gasteiger partial charge in [-0.05, 0) is 49.2 Å². The molecule has 0 spiro atoms. The summed E-state index contributed by atoms with van der Waals surface area (Å²) < 4.78 is 0. The van der Waals surface area contributed by atoms with Crippen molar-refractivity contribution in [3.05, 3.63) is 59.1 Å². The number of carbonyl (C=O) groups excluding carboxylic acids is 2. The third kappa shape index (κ3) is 4.83. The van der Waals surface area contributed by atoms with Crippen LogP contribution in [0.3, 0.4) is 0 Å². The predicted octanol–water partition coefficient (Wildman–Crippen LogP) is 5.11. The summed E-state index contributed by atoms with van der Waals surface area (Å²) in [7, 11) is 0. The number of anilines is 2. The van der Waals surface area contributed by atoms with Crippen molar-refractivity contribution in [1.29, 1.82) is 0 Å². The van der Waals surface area contributed by atoms with Crippen LogP contribution >= 0.6 is 11.6 Å². The van der Waals surface area contributed by atoms with Crippen LogP contribution in [0.2, 0.25) is 5.02 Å². The number of hydrogen-bond donors (Lipinski definition) is 2. The quantitative estimate of drug-likeness (QED) is 0.799. The normalized spacial score (nSPS) is 14.8. The molecule has 2 aromatic rings. The molecule has 130 valence electrons. The first-order chi connectivity index (χ1) is 12.1. The van der Waals surface area contributed by atoms with E-state index in [4.69, 9.17) is 11.6 Å². The lowest BCUT2D eigenvalue weighted by Crippen LogP contribution is -2.24. The topological polar surface area (TPSA) is 58.2 Å². The molecule has 3 rings (SSSR count). The van der Waals surface area contributed by atoms with Crippen molar-refractivity contribution in [1.82, 2.24) is 0 Å². The Kier molecular flexibility index (Phi) is 5.71. The van der Waals surface area contributed by atoms with Crippen molar-refractivity contribution in [3.63, 3.8) is 0 Å². The molecule has 0 aliphatic heterocycles. The first-order valence-electron chi connectivity index (χ1n) is 8.60. The number of amides is 2. The minimum atomic E-state index is -0.240. The fraction of sp³-hybridized carbons (Fsp3) is 0.300. The fourth-order valence-corrected chi connectivity index (χ4v) is 3.31. The van der Waals surface area contributed by atoms with E-state index in [1.807, 2.05) is 0 Å². The SMILES string of the molecule is O=C(Nc1cccc(Cl)c1)c1cccc(NC(=O)C2CCCCC2)c1. The first kappa shape index (κ1) is 17.5. The Morgan fingerprint density at radius 2 is 1.56 bits per heavy atom. The molecule has 1 aliphatic rings. The molecule has 1 fully saturated rings. The van der Waals surface area contributed by atoms with E-state index in [2.05, 4.69) is 10.6 Å². The van der Waals surface area contributed by atoms with Crippen molar-refractivity contribution >= 4 is 34.8 Å². The Balaban J connectivity index is 1.66. The zero-order valence-electron chi connectivity index (χ0n) is 13.9. The summed E-state index contributed by atoms with van der Waals surface area (Å²) in [5, 5.41) is 6.31. The predicted molar refractivity (Wildman–Crippen MR) is 101 cm³/mol. The third-order valence-corrected chi connectivity index (χ3v) is 4.69. The minimum absolute atomic E-state index is 0.0482. The van der Waals surface area contributed by atoms with E-state index in [0.29, 0.717) is 22.0 Å². The lowest BCUT2D eigenvalue weighted by molar-refractivity contribution is -0.120. The summed E-state index contributed by atoms with van der Waals surface area (Å²) in [6.07, 6.45) is 5.32. The molecule has 25 heavy (non-hydrogen) atoms. The maximum absolute atomic E-state index is 12.4. The highest BCUT2D eigenvalue weighted by atomic mass is 35.5. The van der Waals surface area contributed by atoms with E-state index >= 15 is 0 Å². The van der Waals surface area contributed by atoms with E-state index in [0.717, 1.165) is 25.7 Å². The van der Waals surface area contributed by atoms with E-state index in [1.165, 1.54) is 6.42 Å². The minimum Gasteiger partial charge on any atom is -0.326 e. The van der Waals surface area contributed by atoms with Crippen LogP contribution in [0.1, 0.15) is 42.5 Å². The lowest BCUT2D eigenvalue weighted by Gasteiger charge is -2.20. The van der Waals surface area contributed by atoms with Crippen LogP contribution in [0.5, 0.6) is 0 Å². The second-order valence-corrected chi connectivity index (χ2v) is 6.81. The summed E-state index contributed by atoms with van der Waals surface area (Å²) in [5.74, 6) is -0.110. The lowest BCUT2D eigenvalue weighted by atomic mass is 9.88. The van der Waals surface area contributed by atoms with Crippen LogP contribution in [0.4, 0.5) is 11.4 Å². The molecule has 2 aromatic carbocycles. The van der Waals surface area contributed by atoms with Gasteiger partial charge in [-0.15, -0.1) is 0 Å². The Morgan fingerprint density at radius 3 is 2.28 bits per heavy atom. The third-order valence-electron chi connectivity index (χ3n) is 4.45. The van der Waals surface area contributed by atoms with Gasteiger partial charge < -0.3 is 10.6 Å². The molecule has 0 atom stereocenters. The Labute approximate surface area is 152 Å². The Hall–Kier alpha value is -2.33. The average Bonchev–Trinajstić information content (AvgIpc) is 2.62. The summed E-state index contributed by atoms with van der Waals surface area (Å²) in [6.45, 7) is 0. The highest BCUT2D eigenvalue weighted by Gasteiger charge is 2.21. The van der Waals surface area contributed by atoms with E-state index in [1.54, 1.807) is 48.5 Å². The van der Waals surface area contributed by atoms with Gasteiger partial charge in [-0.3, -0.25) is 9.59 Å².